The fourth-order valence-corrected chi connectivity index (χ4v) is 3.42. The molecule has 128 valence electrons. The number of halogens is 1. The van der Waals surface area contributed by atoms with Gasteiger partial charge in [-0.15, -0.1) is 0 Å². The van der Waals surface area contributed by atoms with E-state index in [9.17, 15) is 14.4 Å². The average molecular weight is 331 g/mol. The fourth-order valence-electron chi connectivity index (χ4n) is 3.42. The van der Waals surface area contributed by atoms with Crippen LogP contribution in [0, 0.1) is 23.1 Å². The van der Waals surface area contributed by atoms with Crippen LogP contribution in [0.25, 0.3) is 0 Å². The maximum absolute atomic E-state index is 13.3. The number of carbonyl (C=O) groups is 1. The van der Waals surface area contributed by atoms with Crippen LogP contribution in [0.5, 0.6) is 0 Å². The van der Waals surface area contributed by atoms with Gasteiger partial charge in [0.25, 0.3) is 0 Å². The van der Waals surface area contributed by atoms with Crippen molar-refractivity contribution in [3.63, 3.8) is 0 Å². The first-order chi connectivity index (χ1) is 11.7. The van der Waals surface area contributed by atoms with Gasteiger partial charge in [-0.3, -0.25) is 4.79 Å². The van der Waals surface area contributed by atoms with E-state index < -0.39 is 5.82 Å². The number of piperidine rings is 1. The maximum Gasteiger partial charge on any atom is 0.223 e. The molecule has 0 atom stereocenters. The first kappa shape index (κ1) is 16.7. The maximum atomic E-state index is 13.3. The zero-order valence-corrected chi connectivity index (χ0v) is 13.6. The van der Waals surface area contributed by atoms with Crippen LogP contribution in [-0.2, 0) is 9.53 Å². The van der Waals surface area contributed by atoms with Crippen LogP contribution in [-0.4, -0.2) is 38.3 Å². The van der Waals surface area contributed by atoms with Crippen molar-refractivity contribution in [2.75, 3.05) is 31.2 Å². The molecule has 1 amide bonds. The summed E-state index contributed by atoms with van der Waals surface area (Å²) in [5, 5.41) is 12.3. The summed E-state index contributed by atoms with van der Waals surface area (Å²) >= 11 is 0. The van der Waals surface area contributed by atoms with Crippen LogP contribution >= 0.6 is 0 Å². The van der Waals surface area contributed by atoms with E-state index in [1.54, 1.807) is 6.07 Å². The van der Waals surface area contributed by atoms with Gasteiger partial charge in [-0.05, 0) is 43.9 Å². The van der Waals surface area contributed by atoms with Crippen LogP contribution in [0.2, 0.25) is 0 Å². The Kier molecular flexibility index (Phi) is 5.31. The highest BCUT2D eigenvalue weighted by Gasteiger charge is 2.26. The zero-order chi connectivity index (χ0) is 16.9. The molecule has 0 radical (unpaired) electrons. The fraction of sp³-hybridized carbons (Fsp3) is 0.556. The summed E-state index contributed by atoms with van der Waals surface area (Å²) < 4.78 is 18.6. The molecule has 0 unspecified atom stereocenters. The van der Waals surface area contributed by atoms with Crippen LogP contribution in [0.1, 0.15) is 31.2 Å². The quantitative estimate of drug-likeness (QED) is 0.922. The Morgan fingerprint density at radius 3 is 2.62 bits per heavy atom. The third kappa shape index (κ3) is 3.85. The number of nitrogens with zero attached hydrogens (tertiary/aromatic N) is 2. The molecule has 2 fully saturated rings. The van der Waals surface area contributed by atoms with E-state index in [2.05, 4.69) is 16.3 Å². The second kappa shape index (κ2) is 7.63. The summed E-state index contributed by atoms with van der Waals surface area (Å²) in [6.07, 6.45) is 3.26. The van der Waals surface area contributed by atoms with Crippen molar-refractivity contribution in [3.8, 4) is 6.07 Å². The molecule has 0 aromatic heterocycles. The molecule has 1 aromatic rings. The van der Waals surface area contributed by atoms with E-state index in [4.69, 9.17) is 4.74 Å². The van der Waals surface area contributed by atoms with E-state index >= 15 is 0 Å². The van der Waals surface area contributed by atoms with E-state index in [-0.39, 0.29) is 17.9 Å². The van der Waals surface area contributed by atoms with Gasteiger partial charge in [-0.25, -0.2) is 4.39 Å². The topological polar surface area (TPSA) is 65.4 Å². The number of anilines is 1. The Bertz CT molecular complexity index is 630. The van der Waals surface area contributed by atoms with Crippen molar-refractivity contribution in [1.29, 1.82) is 5.26 Å². The van der Waals surface area contributed by atoms with Gasteiger partial charge in [0.1, 0.15) is 11.9 Å². The molecule has 2 saturated heterocycles. The third-order valence-electron chi connectivity index (χ3n) is 4.85. The molecule has 0 aliphatic carbocycles. The smallest absolute Gasteiger partial charge is 0.223 e. The number of ether oxygens (including phenoxy) is 1. The zero-order valence-electron chi connectivity index (χ0n) is 13.6. The normalized spacial score (nSPS) is 19.8. The summed E-state index contributed by atoms with van der Waals surface area (Å²) in [5.74, 6) is -0.191. The Balaban J connectivity index is 1.54. The van der Waals surface area contributed by atoms with Crippen LogP contribution < -0.4 is 10.2 Å². The summed E-state index contributed by atoms with van der Waals surface area (Å²) in [6, 6.07) is 6.54. The number of hydrogen-bond acceptors (Lipinski definition) is 4. The molecule has 0 spiro atoms. The molecule has 1 N–H and O–H groups in total. The standard InChI is InChI=1S/C18H22FN3O2/c19-15-1-2-17(14(11-15)12-20)22-7-3-16(4-8-22)21-18(23)13-5-9-24-10-6-13/h1-2,11,13,16H,3-10H2,(H,21,23). The van der Waals surface area contributed by atoms with E-state index in [0.717, 1.165) is 44.5 Å². The van der Waals surface area contributed by atoms with Gasteiger partial charge in [0.05, 0.1) is 11.3 Å². The molecule has 0 saturated carbocycles. The first-order valence-corrected chi connectivity index (χ1v) is 8.50. The van der Waals surface area contributed by atoms with Gasteiger partial charge in [-0.2, -0.15) is 5.26 Å². The minimum absolute atomic E-state index is 0.0686. The van der Waals surface area contributed by atoms with Gasteiger partial charge >= 0.3 is 0 Å². The number of nitriles is 1. The first-order valence-electron chi connectivity index (χ1n) is 8.50. The molecular formula is C18H22FN3O2. The monoisotopic (exact) mass is 331 g/mol. The van der Waals surface area contributed by atoms with Gasteiger partial charge in [0.2, 0.25) is 5.91 Å². The van der Waals surface area contributed by atoms with Crippen LogP contribution in [0.3, 0.4) is 0 Å². The van der Waals surface area contributed by atoms with Crippen LogP contribution in [0.4, 0.5) is 10.1 Å². The predicted octanol–water partition coefficient (Wildman–Crippen LogP) is 2.21. The van der Waals surface area contributed by atoms with Gasteiger partial charge in [-0.1, -0.05) is 0 Å². The van der Waals surface area contributed by atoms with Crippen molar-refractivity contribution in [2.24, 2.45) is 5.92 Å². The summed E-state index contributed by atoms with van der Waals surface area (Å²) in [6.45, 7) is 2.83. The van der Waals surface area contributed by atoms with E-state index in [1.165, 1.54) is 12.1 Å². The molecule has 2 aliphatic rings. The number of nitrogens with one attached hydrogen (secondary N) is 1. The second-order valence-electron chi connectivity index (χ2n) is 6.43. The van der Waals surface area contributed by atoms with Gasteiger partial charge in [0.15, 0.2) is 0 Å². The Labute approximate surface area is 141 Å². The van der Waals surface area contributed by atoms with E-state index in [0.29, 0.717) is 18.8 Å². The lowest BCUT2D eigenvalue weighted by Gasteiger charge is -2.35. The van der Waals surface area contributed by atoms with Crippen molar-refractivity contribution < 1.29 is 13.9 Å². The number of amides is 1. The molecule has 3 rings (SSSR count). The summed E-state index contributed by atoms with van der Waals surface area (Å²) in [7, 11) is 0. The Morgan fingerprint density at radius 2 is 1.96 bits per heavy atom. The molecule has 6 heteroatoms. The van der Waals surface area contributed by atoms with E-state index in [1.807, 2.05) is 0 Å². The molecule has 2 aliphatic heterocycles. The number of carbonyl (C=O) groups excluding carboxylic acids is 1. The van der Waals surface area contributed by atoms with Crippen molar-refractivity contribution in [3.05, 3.63) is 29.6 Å². The highest BCUT2D eigenvalue weighted by molar-refractivity contribution is 5.79. The Morgan fingerprint density at radius 1 is 1.25 bits per heavy atom. The molecule has 5 nitrogen and oxygen atoms in total. The molecule has 2 heterocycles. The van der Waals surface area contributed by atoms with Gasteiger partial charge < -0.3 is 15.0 Å². The molecule has 0 bridgehead atoms. The average Bonchev–Trinajstić information content (AvgIpc) is 2.63. The largest absolute Gasteiger partial charge is 0.381 e. The third-order valence-corrected chi connectivity index (χ3v) is 4.85. The molecular weight excluding hydrogens is 309 g/mol. The Hall–Kier alpha value is -2.13. The lowest BCUT2D eigenvalue weighted by Crippen LogP contribution is -2.47. The van der Waals surface area contributed by atoms with Crippen molar-refractivity contribution in [2.45, 2.75) is 31.7 Å². The molecule has 1 aromatic carbocycles. The summed E-state index contributed by atoms with van der Waals surface area (Å²) in [5.41, 5.74) is 1.13. The minimum Gasteiger partial charge on any atom is -0.381 e. The van der Waals surface area contributed by atoms with Crippen molar-refractivity contribution in [1.82, 2.24) is 5.32 Å². The van der Waals surface area contributed by atoms with Gasteiger partial charge in [0, 0.05) is 38.3 Å². The number of hydrogen-bond donors (Lipinski definition) is 1. The highest BCUT2D eigenvalue weighted by Crippen LogP contribution is 2.25. The number of rotatable bonds is 3. The minimum atomic E-state index is -0.395. The lowest BCUT2D eigenvalue weighted by atomic mass is 9.97. The SMILES string of the molecule is N#Cc1cc(F)ccc1N1CCC(NC(=O)C2CCOCC2)CC1. The van der Waals surface area contributed by atoms with Crippen molar-refractivity contribution >= 4 is 11.6 Å². The van der Waals surface area contributed by atoms with Crippen LogP contribution in [0.15, 0.2) is 18.2 Å². The summed E-state index contributed by atoms with van der Waals surface area (Å²) in [4.78, 5) is 14.4. The number of benzene rings is 1. The predicted molar refractivity (Wildman–Crippen MR) is 88.0 cm³/mol. The molecule has 24 heavy (non-hydrogen) atoms. The lowest BCUT2D eigenvalue weighted by molar-refractivity contribution is -0.128. The second-order valence-corrected chi connectivity index (χ2v) is 6.43. The highest BCUT2D eigenvalue weighted by atomic mass is 19.1.